The molecule has 0 amide bonds. The van der Waals surface area contributed by atoms with E-state index in [0.717, 1.165) is 53.2 Å². The Morgan fingerprint density at radius 2 is 2.18 bits per heavy atom. The van der Waals surface area contributed by atoms with Crippen molar-refractivity contribution in [3.8, 4) is 0 Å². The molecule has 2 aliphatic carbocycles. The van der Waals surface area contributed by atoms with Crippen LogP contribution in [0.2, 0.25) is 0 Å². The van der Waals surface area contributed by atoms with E-state index in [4.69, 9.17) is 0 Å². The van der Waals surface area contributed by atoms with Gasteiger partial charge in [-0.05, 0) is 0 Å². The average molecular weight is 427 g/mol. The van der Waals surface area contributed by atoms with Crippen molar-refractivity contribution < 1.29 is 9.18 Å². The first-order chi connectivity index (χ1) is 10.4. The summed E-state index contributed by atoms with van der Waals surface area (Å²) in [4.78, 5) is 12.2. The summed E-state index contributed by atoms with van der Waals surface area (Å²) in [5, 5.41) is 0. The summed E-state index contributed by atoms with van der Waals surface area (Å²) < 4.78 is 15.8. The third-order valence-electron chi connectivity index (χ3n) is 5.33. The molecule has 1 aromatic rings. The Morgan fingerprint density at radius 1 is 1.45 bits per heavy atom. The van der Waals surface area contributed by atoms with E-state index in [0.29, 0.717) is 10.9 Å². The molecule has 22 heavy (non-hydrogen) atoms. The normalized spacial score (nSPS) is 23.8. The van der Waals surface area contributed by atoms with E-state index in [2.05, 4.69) is 22.9 Å². The molecular formula is C18H21AsBrFO. The molecule has 4 heteroatoms. The van der Waals surface area contributed by atoms with Crippen molar-refractivity contribution >= 4 is 48.5 Å². The van der Waals surface area contributed by atoms with Gasteiger partial charge in [0.15, 0.2) is 0 Å². The Morgan fingerprint density at radius 3 is 2.86 bits per heavy atom. The molecule has 0 heterocycles. The molecule has 0 saturated heterocycles. The Kier molecular flexibility index (Phi) is 4.42. The van der Waals surface area contributed by atoms with Gasteiger partial charge in [-0.3, -0.25) is 0 Å². The number of allylic oxidation sites excluding steroid dienone is 2. The van der Waals surface area contributed by atoms with Crippen molar-refractivity contribution in [2.45, 2.75) is 52.4 Å². The van der Waals surface area contributed by atoms with Gasteiger partial charge in [0.05, 0.1) is 0 Å². The SMILES string of the molecule is CCCCC12CCC(=O)C(Br)=C1c1cc(F)c([AsH2])c(C)c1C2. The summed E-state index contributed by atoms with van der Waals surface area (Å²) in [6.07, 6.45) is 5.84. The van der Waals surface area contributed by atoms with Gasteiger partial charge in [0.1, 0.15) is 0 Å². The molecule has 0 spiro atoms. The van der Waals surface area contributed by atoms with E-state index in [1.54, 1.807) is 6.07 Å². The van der Waals surface area contributed by atoms with Crippen LogP contribution in [0.1, 0.15) is 55.7 Å². The van der Waals surface area contributed by atoms with Crippen LogP contribution in [0.3, 0.4) is 0 Å². The molecule has 0 radical (unpaired) electrons. The Balaban J connectivity index is 2.23. The van der Waals surface area contributed by atoms with Gasteiger partial charge in [0.25, 0.3) is 0 Å². The number of rotatable bonds is 3. The molecule has 2 aliphatic rings. The maximum atomic E-state index is 14.3. The Bertz CT molecular complexity index is 695. The zero-order valence-electron chi connectivity index (χ0n) is 13.1. The van der Waals surface area contributed by atoms with Crippen LogP contribution in [0.15, 0.2) is 10.5 Å². The molecule has 0 fully saturated rings. The standard InChI is InChI=1S/C18H21AsBrFO/c1-3-4-6-18-7-5-14(22)17(20)15(18)11-8-13(21)16(19)10(2)12(11)9-18/h8H,3-7,9,19H2,1-2H3. The first kappa shape index (κ1) is 16.5. The van der Waals surface area contributed by atoms with E-state index in [1.807, 2.05) is 6.92 Å². The number of hydrogen-bond acceptors (Lipinski definition) is 1. The molecule has 0 saturated carbocycles. The van der Waals surface area contributed by atoms with Crippen molar-refractivity contribution in [1.82, 2.24) is 0 Å². The van der Waals surface area contributed by atoms with E-state index in [9.17, 15) is 9.18 Å². The van der Waals surface area contributed by atoms with E-state index >= 15 is 0 Å². The second-order valence-corrected chi connectivity index (χ2v) is 8.60. The number of carbonyl (C=O) groups is 1. The minimum absolute atomic E-state index is 0.0308. The summed E-state index contributed by atoms with van der Waals surface area (Å²) in [6, 6.07) is 1.67. The van der Waals surface area contributed by atoms with Gasteiger partial charge in [-0.1, -0.05) is 0 Å². The fourth-order valence-electron chi connectivity index (χ4n) is 4.02. The second kappa shape index (κ2) is 5.91. The molecule has 2 unspecified atom stereocenters. The minimum atomic E-state index is -0.131. The first-order valence-corrected chi connectivity index (χ1v) is 9.93. The molecule has 3 rings (SSSR count). The van der Waals surface area contributed by atoms with Crippen LogP contribution < -0.4 is 4.35 Å². The molecule has 0 bridgehead atoms. The second-order valence-electron chi connectivity index (χ2n) is 6.60. The number of unbranched alkanes of at least 4 members (excludes halogenated alkanes) is 1. The topological polar surface area (TPSA) is 17.1 Å². The van der Waals surface area contributed by atoms with Crippen molar-refractivity contribution in [1.29, 1.82) is 0 Å². The fraction of sp³-hybridized carbons (Fsp3) is 0.500. The average Bonchev–Trinajstić information content (AvgIpc) is 2.82. The number of carbonyl (C=O) groups excluding carboxylic acids is 1. The van der Waals surface area contributed by atoms with Crippen molar-refractivity contribution in [3.05, 3.63) is 33.1 Å². The van der Waals surface area contributed by atoms with Gasteiger partial charge in [0.2, 0.25) is 0 Å². The summed E-state index contributed by atoms with van der Waals surface area (Å²) in [6.45, 7) is 4.23. The molecule has 118 valence electrons. The van der Waals surface area contributed by atoms with Crippen molar-refractivity contribution in [2.75, 3.05) is 0 Å². The molecular weight excluding hydrogens is 406 g/mol. The monoisotopic (exact) mass is 426 g/mol. The van der Waals surface area contributed by atoms with Crippen molar-refractivity contribution in [3.63, 3.8) is 0 Å². The van der Waals surface area contributed by atoms with Crippen LogP contribution >= 0.6 is 15.9 Å². The predicted molar refractivity (Wildman–Crippen MR) is 95.1 cm³/mol. The molecule has 1 nitrogen and oxygen atoms in total. The predicted octanol–water partition coefficient (Wildman–Crippen LogP) is 3.59. The van der Waals surface area contributed by atoms with Crippen LogP contribution in [0.5, 0.6) is 0 Å². The third kappa shape index (κ3) is 2.36. The van der Waals surface area contributed by atoms with E-state index in [1.165, 1.54) is 22.4 Å². The molecule has 0 N–H and O–H groups in total. The summed E-state index contributed by atoms with van der Waals surface area (Å²) in [7, 11) is 0. The Hall–Kier alpha value is -0.402. The van der Waals surface area contributed by atoms with Gasteiger partial charge in [-0.25, -0.2) is 0 Å². The van der Waals surface area contributed by atoms with Gasteiger partial charge in [-0.15, -0.1) is 0 Å². The number of hydrogen-bond donors (Lipinski definition) is 0. The van der Waals surface area contributed by atoms with Crippen LogP contribution in [-0.4, -0.2) is 22.6 Å². The van der Waals surface area contributed by atoms with Crippen LogP contribution in [0, 0.1) is 18.2 Å². The summed E-state index contributed by atoms with van der Waals surface area (Å²) in [5.74, 6) is 0.0335. The summed E-state index contributed by atoms with van der Waals surface area (Å²) in [5.41, 5.74) is 4.44. The van der Waals surface area contributed by atoms with Gasteiger partial charge in [0, 0.05) is 0 Å². The van der Waals surface area contributed by atoms with E-state index < -0.39 is 0 Å². The molecule has 0 aliphatic heterocycles. The number of fused-ring (bicyclic) bond motifs is 3. The van der Waals surface area contributed by atoms with Crippen molar-refractivity contribution in [2.24, 2.45) is 5.41 Å². The van der Waals surface area contributed by atoms with Gasteiger partial charge >= 0.3 is 149 Å². The summed E-state index contributed by atoms with van der Waals surface area (Å²) >= 11 is 4.88. The fourth-order valence-corrected chi connectivity index (χ4v) is 5.39. The van der Waals surface area contributed by atoms with Crippen LogP contribution in [-0.2, 0) is 11.2 Å². The third-order valence-corrected chi connectivity index (χ3v) is 7.65. The number of ketones is 1. The van der Waals surface area contributed by atoms with Crippen LogP contribution in [0.4, 0.5) is 4.39 Å². The van der Waals surface area contributed by atoms with Gasteiger partial charge in [-0.2, -0.15) is 0 Å². The molecule has 1 aromatic carbocycles. The van der Waals surface area contributed by atoms with E-state index in [-0.39, 0.29) is 17.0 Å². The zero-order chi connectivity index (χ0) is 16.1. The zero-order valence-corrected chi connectivity index (χ0v) is 17.1. The van der Waals surface area contributed by atoms with Crippen LogP contribution in [0.25, 0.3) is 5.57 Å². The Labute approximate surface area is 148 Å². The number of Topliss-reactive ketones (excluding diaryl/α,β-unsaturated/α-hetero) is 1. The first-order valence-electron chi connectivity index (χ1n) is 7.92. The quantitative estimate of drug-likeness (QED) is 0.675. The number of halogens is 2. The maximum absolute atomic E-state index is 14.3. The molecule has 2 atom stereocenters. The van der Waals surface area contributed by atoms with Gasteiger partial charge < -0.3 is 0 Å². The number of benzene rings is 1. The molecule has 0 aromatic heterocycles.